The van der Waals surface area contributed by atoms with Crippen molar-refractivity contribution in [3.63, 3.8) is 0 Å². The maximum absolute atomic E-state index is 11.8. The number of hydrogen-bond donors (Lipinski definition) is 1. The lowest BCUT2D eigenvalue weighted by molar-refractivity contribution is 0.564. The molecule has 0 aliphatic rings. The normalized spacial score (nSPS) is 12.3. The van der Waals surface area contributed by atoms with Gasteiger partial charge in [0.15, 0.2) is 19.7 Å². The Hall–Kier alpha value is -1.80. The molecule has 8 heteroatoms. The van der Waals surface area contributed by atoms with Gasteiger partial charge in [0.1, 0.15) is 0 Å². The summed E-state index contributed by atoms with van der Waals surface area (Å²) in [5, 5.41) is 2.97. The minimum Gasteiger partial charge on any atom is -0.472 e. The molecule has 2 aromatic rings. The van der Waals surface area contributed by atoms with Gasteiger partial charge in [0, 0.05) is 24.6 Å². The first-order chi connectivity index (χ1) is 9.68. The molecular formula is C13H15NO5S2. The molecule has 0 aliphatic carbocycles. The molecule has 0 saturated carbocycles. The Kier molecular flexibility index (Phi) is 4.11. The Balaban J connectivity index is 2.41. The predicted octanol–water partition coefficient (Wildman–Crippen LogP) is 1.70. The fourth-order valence-electron chi connectivity index (χ4n) is 1.78. The van der Waals surface area contributed by atoms with Crippen molar-refractivity contribution < 1.29 is 21.3 Å². The van der Waals surface area contributed by atoms with Crippen LogP contribution < -0.4 is 5.32 Å². The van der Waals surface area contributed by atoms with Crippen molar-refractivity contribution in [2.45, 2.75) is 16.3 Å². The SMILES string of the molecule is CS(=O)(=O)c1ccc(NCc2ccoc2)c(S(C)(=O)=O)c1. The van der Waals surface area contributed by atoms with Crippen LogP contribution in [-0.4, -0.2) is 29.3 Å². The number of anilines is 1. The van der Waals surface area contributed by atoms with Crippen molar-refractivity contribution in [2.75, 3.05) is 17.8 Å². The van der Waals surface area contributed by atoms with Crippen molar-refractivity contribution in [3.8, 4) is 0 Å². The highest BCUT2D eigenvalue weighted by molar-refractivity contribution is 7.91. The van der Waals surface area contributed by atoms with Crippen LogP contribution in [0.5, 0.6) is 0 Å². The van der Waals surface area contributed by atoms with Crippen LogP contribution in [0.4, 0.5) is 5.69 Å². The van der Waals surface area contributed by atoms with Gasteiger partial charge in [0.2, 0.25) is 0 Å². The number of rotatable bonds is 5. The van der Waals surface area contributed by atoms with Crippen LogP contribution >= 0.6 is 0 Å². The fourth-order valence-corrected chi connectivity index (χ4v) is 3.38. The molecule has 0 bridgehead atoms. The second-order valence-corrected chi connectivity index (χ2v) is 8.69. The summed E-state index contributed by atoms with van der Waals surface area (Å²) in [4.78, 5) is -0.0780. The molecule has 0 atom stereocenters. The first-order valence-electron chi connectivity index (χ1n) is 5.97. The standard InChI is InChI=1S/C13H15NO5S2/c1-20(15,16)11-3-4-12(13(7-11)21(2,17)18)14-8-10-5-6-19-9-10/h3-7,9,14H,8H2,1-2H3. The van der Waals surface area contributed by atoms with Gasteiger partial charge in [0.05, 0.1) is 28.0 Å². The van der Waals surface area contributed by atoms with Crippen LogP contribution in [0.2, 0.25) is 0 Å². The average Bonchev–Trinajstić information content (AvgIpc) is 2.87. The molecule has 0 radical (unpaired) electrons. The zero-order chi connectivity index (χ0) is 15.7. The Bertz CT molecular complexity index is 837. The highest BCUT2D eigenvalue weighted by Gasteiger charge is 2.17. The molecule has 0 fully saturated rings. The van der Waals surface area contributed by atoms with Crippen LogP contribution in [0.25, 0.3) is 0 Å². The van der Waals surface area contributed by atoms with Gasteiger partial charge in [-0.05, 0) is 24.3 Å². The van der Waals surface area contributed by atoms with E-state index in [0.717, 1.165) is 18.1 Å². The number of furan rings is 1. The van der Waals surface area contributed by atoms with Gasteiger partial charge in [-0.3, -0.25) is 0 Å². The lowest BCUT2D eigenvalue weighted by Crippen LogP contribution is -2.08. The number of hydrogen-bond acceptors (Lipinski definition) is 6. The smallest absolute Gasteiger partial charge is 0.177 e. The molecular weight excluding hydrogens is 314 g/mol. The second-order valence-electron chi connectivity index (χ2n) is 4.69. The highest BCUT2D eigenvalue weighted by atomic mass is 32.2. The van der Waals surface area contributed by atoms with E-state index in [1.165, 1.54) is 30.7 Å². The summed E-state index contributed by atoms with van der Waals surface area (Å²) in [6.45, 7) is 0.372. The van der Waals surface area contributed by atoms with Gasteiger partial charge in [0.25, 0.3) is 0 Å². The minimum atomic E-state index is -3.56. The van der Waals surface area contributed by atoms with Gasteiger partial charge >= 0.3 is 0 Å². The maximum Gasteiger partial charge on any atom is 0.177 e. The summed E-state index contributed by atoms with van der Waals surface area (Å²) in [5.41, 5.74) is 1.20. The van der Waals surface area contributed by atoms with Crippen molar-refractivity contribution in [2.24, 2.45) is 0 Å². The Labute approximate surface area is 123 Å². The number of benzene rings is 1. The van der Waals surface area contributed by atoms with Crippen molar-refractivity contribution >= 4 is 25.4 Å². The molecule has 1 aromatic heterocycles. The summed E-state index contributed by atoms with van der Waals surface area (Å²) < 4.78 is 51.7. The van der Waals surface area contributed by atoms with Crippen LogP contribution in [0.3, 0.4) is 0 Å². The van der Waals surface area contributed by atoms with Gasteiger partial charge in [-0.2, -0.15) is 0 Å². The Morgan fingerprint density at radius 1 is 1.05 bits per heavy atom. The first-order valence-corrected chi connectivity index (χ1v) is 9.75. The van der Waals surface area contributed by atoms with Crippen LogP contribution in [0.1, 0.15) is 5.56 Å². The molecule has 0 amide bonds. The van der Waals surface area contributed by atoms with Crippen molar-refractivity contribution in [1.29, 1.82) is 0 Å². The zero-order valence-corrected chi connectivity index (χ0v) is 13.2. The summed E-state index contributed by atoms with van der Waals surface area (Å²) in [5.74, 6) is 0. The van der Waals surface area contributed by atoms with E-state index in [4.69, 9.17) is 4.42 Å². The van der Waals surface area contributed by atoms with E-state index in [2.05, 4.69) is 5.32 Å². The highest BCUT2D eigenvalue weighted by Crippen LogP contribution is 2.25. The monoisotopic (exact) mass is 329 g/mol. The van der Waals surface area contributed by atoms with E-state index in [1.54, 1.807) is 6.07 Å². The molecule has 1 N–H and O–H groups in total. The largest absolute Gasteiger partial charge is 0.472 e. The summed E-state index contributed by atoms with van der Waals surface area (Å²) in [7, 11) is -7.03. The molecule has 0 unspecified atom stereocenters. The minimum absolute atomic E-state index is 0.0308. The van der Waals surface area contributed by atoms with Crippen molar-refractivity contribution in [1.82, 2.24) is 0 Å². The van der Waals surface area contributed by atoms with E-state index in [1.807, 2.05) is 0 Å². The van der Waals surface area contributed by atoms with E-state index >= 15 is 0 Å². The summed E-state index contributed by atoms with van der Waals surface area (Å²) >= 11 is 0. The van der Waals surface area contributed by atoms with E-state index in [0.29, 0.717) is 12.2 Å². The van der Waals surface area contributed by atoms with Gasteiger partial charge < -0.3 is 9.73 Å². The summed E-state index contributed by atoms with van der Waals surface area (Å²) in [6, 6.07) is 5.74. The third kappa shape index (κ3) is 3.85. The third-order valence-electron chi connectivity index (χ3n) is 2.84. The van der Waals surface area contributed by atoms with Gasteiger partial charge in [-0.15, -0.1) is 0 Å². The topological polar surface area (TPSA) is 93.4 Å². The van der Waals surface area contributed by atoms with Crippen LogP contribution in [0, 0.1) is 0 Å². The molecule has 21 heavy (non-hydrogen) atoms. The van der Waals surface area contributed by atoms with Crippen molar-refractivity contribution in [3.05, 3.63) is 42.4 Å². The lowest BCUT2D eigenvalue weighted by atomic mass is 10.3. The van der Waals surface area contributed by atoms with Crippen LogP contribution in [0.15, 0.2) is 51.0 Å². The van der Waals surface area contributed by atoms with E-state index < -0.39 is 19.7 Å². The second kappa shape index (κ2) is 5.53. The molecule has 1 heterocycles. The van der Waals surface area contributed by atoms with Gasteiger partial charge in [-0.1, -0.05) is 0 Å². The lowest BCUT2D eigenvalue weighted by Gasteiger charge is -2.11. The maximum atomic E-state index is 11.8. The zero-order valence-electron chi connectivity index (χ0n) is 11.5. The van der Waals surface area contributed by atoms with Crippen LogP contribution in [-0.2, 0) is 26.2 Å². The Morgan fingerprint density at radius 2 is 1.76 bits per heavy atom. The number of nitrogens with one attached hydrogen (secondary N) is 1. The molecule has 1 aromatic carbocycles. The first kappa shape index (κ1) is 15.6. The quantitative estimate of drug-likeness (QED) is 0.897. The molecule has 0 aliphatic heterocycles. The van der Waals surface area contributed by atoms with E-state index in [-0.39, 0.29) is 9.79 Å². The third-order valence-corrected chi connectivity index (χ3v) is 5.09. The molecule has 2 rings (SSSR count). The summed E-state index contributed by atoms with van der Waals surface area (Å²) in [6.07, 6.45) is 5.13. The van der Waals surface area contributed by atoms with Gasteiger partial charge in [-0.25, -0.2) is 16.8 Å². The fraction of sp³-hybridized carbons (Fsp3) is 0.231. The number of sulfone groups is 2. The predicted molar refractivity (Wildman–Crippen MR) is 78.7 cm³/mol. The Morgan fingerprint density at radius 3 is 2.29 bits per heavy atom. The molecule has 0 spiro atoms. The molecule has 114 valence electrons. The van der Waals surface area contributed by atoms with E-state index in [9.17, 15) is 16.8 Å². The molecule has 0 saturated heterocycles. The average molecular weight is 329 g/mol. The molecule has 6 nitrogen and oxygen atoms in total.